The third-order valence-corrected chi connectivity index (χ3v) is 7.57. The molecule has 3 heterocycles. The highest BCUT2D eigenvalue weighted by atomic mass is 16.5. The van der Waals surface area contributed by atoms with Gasteiger partial charge in [-0.15, -0.1) is 10.2 Å². The molecule has 1 atom stereocenters. The van der Waals surface area contributed by atoms with E-state index in [2.05, 4.69) is 15.5 Å². The second-order valence-corrected chi connectivity index (χ2v) is 10.5. The van der Waals surface area contributed by atoms with Gasteiger partial charge >= 0.3 is 0 Å². The van der Waals surface area contributed by atoms with Crippen LogP contribution in [0.5, 0.6) is 17.4 Å². The first-order valence-electron chi connectivity index (χ1n) is 13.6. The largest absolute Gasteiger partial charge is 0.480 e. The molecule has 0 radical (unpaired) electrons. The Labute approximate surface area is 232 Å². The average Bonchev–Trinajstić information content (AvgIpc) is 3.64. The Bertz CT molecular complexity index is 1420. The Morgan fingerprint density at radius 2 is 1.85 bits per heavy atom. The summed E-state index contributed by atoms with van der Waals surface area (Å²) in [6, 6.07) is 16.4. The highest BCUT2D eigenvalue weighted by Gasteiger charge is 2.39. The van der Waals surface area contributed by atoms with Crippen molar-refractivity contribution in [1.82, 2.24) is 25.3 Å². The molecule has 1 aromatic heterocycles. The number of likely N-dealkylation sites (tertiary alicyclic amines) is 2. The Hall–Kier alpha value is -4.47. The van der Waals surface area contributed by atoms with E-state index in [1.54, 1.807) is 25.3 Å². The fourth-order valence-electron chi connectivity index (χ4n) is 5.24. The van der Waals surface area contributed by atoms with Crippen molar-refractivity contribution in [3.8, 4) is 28.6 Å². The van der Waals surface area contributed by atoms with Crippen LogP contribution in [-0.2, 0) is 16.1 Å². The molecule has 3 aliphatic rings. The summed E-state index contributed by atoms with van der Waals surface area (Å²) in [5, 5.41) is 11.2. The van der Waals surface area contributed by atoms with Crippen molar-refractivity contribution in [2.75, 3.05) is 20.2 Å². The lowest BCUT2D eigenvalue weighted by Crippen LogP contribution is -2.37. The van der Waals surface area contributed by atoms with E-state index in [4.69, 9.17) is 9.47 Å². The molecule has 0 unspecified atom stereocenters. The molecule has 3 aromatic rings. The van der Waals surface area contributed by atoms with Crippen LogP contribution in [0.1, 0.15) is 48.0 Å². The van der Waals surface area contributed by atoms with Gasteiger partial charge < -0.3 is 24.6 Å². The Kier molecular flexibility index (Phi) is 7.06. The van der Waals surface area contributed by atoms with Crippen LogP contribution < -0.4 is 14.8 Å². The Morgan fingerprint density at radius 3 is 2.52 bits per heavy atom. The SMILES string of the molecule is COc1ccc(-c2ccc(Oc3cc(C(=O)N[C@H]4CC(=O)N(C5CC5)C4)ccc3CN3CCCC3=O)cc2)nn1. The number of nitrogens with zero attached hydrogens (tertiary/aromatic N) is 4. The molecule has 3 amide bonds. The zero-order chi connectivity index (χ0) is 27.6. The second-order valence-electron chi connectivity index (χ2n) is 10.5. The monoisotopic (exact) mass is 541 g/mol. The van der Waals surface area contributed by atoms with Crippen LogP contribution in [0, 0.1) is 0 Å². The Balaban J connectivity index is 1.20. The summed E-state index contributed by atoms with van der Waals surface area (Å²) in [5.74, 6) is 1.49. The highest BCUT2D eigenvalue weighted by Crippen LogP contribution is 2.32. The van der Waals surface area contributed by atoms with Gasteiger partial charge in [-0.25, -0.2) is 0 Å². The number of aromatic nitrogens is 2. The molecule has 10 heteroatoms. The minimum Gasteiger partial charge on any atom is -0.480 e. The van der Waals surface area contributed by atoms with Gasteiger partial charge in [-0.2, -0.15) is 0 Å². The molecule has 2 aliphatic heterocycles. The smallest absolute Gasteiger partial charge is 0.251 e. The molecule has 2 aromatic carbocycles. The van der Waals surface area contributed by atoms with Gasteiger partial charge in [0.15, 0.2) is 0 Å². The summed E-state index contributed by atoms with van der Waals surface area (Å²) in [7, 11) is 1.54. The maximum Gasteiger partial charge on any atom is 0.251 e. The summed E-state index contributed by atoms with van der Waals surface area (Å²) < 4.78 is 11.4. The van der Waals surface area contributed by atoms with Crippen molar-refractivity contribution in [2.24, 2.45) is 0 Å². The predicted octanol–water partition coefficient (Wildman–Crippen LogP) is 3.56. The van der Waals surface area contributed by atoms with E-state index in [1.807, 2.05) is 46.2 Å². The predicted molar refractivity (Wildman–Crippen MR) is 146 cm³/mol. The summed E-state index contributed by atoms with van der Waals surface area (Å²) in [4.78, 5) is 41.5. The van der Waals surface area contributed by atoms with E-state index in [0.717, 1.165) is 30.4 Å². The maximum atomic E-state index is 13.2. The zero-order valence-corrected chi connectivity index (χ0v) is 22.3. The molecule has 0 spiro atoms. The van der Waals surface area contributed by atoms with Crippen molar-refractivity contribution in [2.45, 2.75) is 50.7 Å². The lowest BCUT2D eigenvalue weighted by molar-refractivity contribution is -0.129. The van der Waals surface area contributed by atoms with Crippen LogP contribution in [-0.4, -0.2) is 70.0 Å². The third kappa shape index (κ3) is 5.61. The number of methoxy groups -OCH3 is 1. The zero-order valence-electron chi connectivity index (χ0n) is 22.3. The van der Waals surface area contributed by atoms with Crippen molar-refractivity contribution >= 4 is 17.7 Å². The van der Waals surface area contributed by atoms with Gasteiger partial charge in [-0.3, -0.25) is 14.4 Å². The quantitative estimate of drug-likeness (QED) is 0.441. The van der Waals surface area contributed by atoms with Crippen LogP contribution in [0.3, 0.4) is 0 Å². The van der Waals surface area contributed by atoms with E-state index in [-0.39, 0.29) is 23.8 Å². The van der Waals surface area contributed by atoms with E-state index in [0.29, 0.717) is 67.2 Å². The van der Waals surface area contributed by atoms with Crippen LogP contribution >= 0.6 is 0 Å². The van der Waals surface area contributed by atoms with Gasteiger partial charge in [0.25, 0.3) is 5.91 Å². The van der Waals surface area contributed by atoms with E-state index >= 15 is 0 Å². The number of carbonyl (C=O) groups excluding carboxylic acids is 3. The van der Waals surface area contributed by atoms with Crippen molar-refractivity contribution < 1.29 is 23.9 Å². The van der Waals surface area contributed by atoms with Gasteiger partial charge in [0.1, 0.15) is 11.5 Å². The first-order valence-corrected chi connectivity index (χ1v) is 13.6. The summed E-state index contributed by atoms with van der Waals surface area (Å²) >= 11 is 0. The molecule has 6 rings (SSSR count). The number of amides is 3. The van der Waals surface area contributed by atoms with Crippen molar-refractivity contribution in [3.63, 3.8) is 0 Å². The number of rotatable bonds is 9. The van der Waals surface area contributed by atoms with Crippen LogP contribution in [0.25, 0.3) is 11.3 Å². The molecule has 1 saturated carbocycles. The maximum absolute atomic E-state index is 13.2. The van der Waals surface area contributed by atoms with Gasteiger partial charge in [0.2, 0.25) is 17.7 Å². The number of carbonyl (C=O) groups is 3. The van der Waals surface area contributed by atoms with E-state index < -0.39 is 0 Å². The molecule has 3 fully saturated rings. The summed E-state index contributed by atoms with van der Waals surface area (Å²) in [6.45, 7) is 1.66. The van der Waals surface area contributed by atoms with Crippen LogP contribution in [0.2, 0.25) is 0 Å². The van der Waals surface area contributed by atoms with Crippen LogP contribution in [0.15, 0.2) is 54.6 Å². The molecule has 0 bridgehead atoms. The summed E-state index contributed by atoms with van der Waals surface area (Å²) in [5.41, 5.74) is 2.82. The first kappa shape index (κ1) is 25.8. The first-order chi connectivity index (χ1) is 19.5. The fraction of sp³-hybridized carbons (Fsp3) is 0.367. The third-order valence-electron chi connectivity index (χ3n) is 7.57. The van der Waals surface area contributed by atoms with Gasteiger partial charge in [-0.1, -0.05) is 6.07 Å². The fourth-order valence-corrected chi connectivity index (χ4v) is 5.24. The number of hydrogen-bond donors (Lipinski definition) is 1. The molecule has 2 saturated heterocycles. The van der Waals surface area contributed by atoms with E-state index in [1.165, 1.54) is 0 Å². The number of nitrogens with one attached hydrogen (secondary N) is 1. The van der Waals surface area contributed by atoms with Crippen molar-refractivity contribution in [1.29, 1.82) is 0 Å². The number of benzene rings is 2. The second kappa shape index (κ2) is 11.0. The lowest BCUT2D eigenvalue weighted by atomic mass is 10.1. The molecular weight excluding hydrogens is 510 g/mol. The van der Waals surface area contributed by atoms with E-state index in [9.17, 15) is 14.4 Å². The molecule has 40 heavy (non-hydrogen) atoms. The highest BCUT2D eigenvalue weighted by molar-refractivity contribution is 5.95. The molecule has 1 N–H and O–H groups in total. The minimum absolute atomic E-state index is 0.103. The number of ether oxygens (including phenoxy) is 2. The van der Waals surface area contributed by atoms with Gasteiger partial charge in [-0.05, 0) is 61.7 Å². The molecule has 10 nitrogen and oxygen atoms in total. The van der Waals surface area contributed by atoms with Gasteiger partial charge in [0, 0.05) is 61.3 Å². The molecular formula is C30H31N5O5. The average molecular weight is 542 g/mol. The normalized spacial score (nSPS) is 18.8. The van der Waals surface area contributed by atoms with Gasteiger partial charge in [0.05, 0.1) is 18.8 Å². The lowest BCUT2D eigenvalue weighted by Gasteiger charge is -2.20. The van der Waals surface area contributed by atoms with Crippen molar-refractivity contribution in [3.05, 3.63) is 65.7 Å². The van der Waals surface area contributed by atoms with Crippen LogP contribution in [0.4, 0.5) is 0 Å². The summed E-state index contributed by atoms with van der Waals surface area (Å²) in [6.07, 6.45) is 3.80. The molecule has 1 aliphatic carbocycles. The number of hydrogen-bond acceptors (Lipinski definition) is 7. The molecule has 206 valence electrons. The Morgan fingerprint density at radius 1 is 1.02 bits per heavy atom. The topological polar surface area (TPSA) is 114 Å². The minimum atomic E-state index is -0.252. The standard InChI is InChI=1S/C30H31N5O5/c1-39-27-13-12-25(32-33-27)19-6-10-24(11-7-19)40-26-15-20(4-5-21(26)17-34-14-2-3-28(34)36)30(38)31-22-16-29(37)35(18-22)23-8-9-23/h4-7,10-13,15,22-23H,2-3,8-9,14,16-18H2,1H3,(H,31,38)/t22-/m0/s1.